The smallest absolute Gasteiger partial charge is 0.0587 e. The third-order valence-electron chi connectivity index (χ3n) is 3.77. The number of likely N-dealkylation sites (N-methyl/N-ethyl adjacent to an activating group) is 1. The van der Waals surface area contributed by atoms with Crippen LogP contribution in [0.2, 0.25) is 5.02 Å². The zero-order valence-corrected chi connectivity index (χ0v) is 12.1. The van der Waals surface area contributed by atoms with Crippen molar-refractivity contribution in [3.05, 3.63) is 34.9 Å². The summed E-state index contributed by atoms with van der Waals surface area (Å²) >= 11 is 5.93. The highest BCUT2D eigenvalue weighted by atomic mass is 35.5. The Balaban J connectivity index is 3.20. The quantitative estimate of drug-likeness (QED) is 0.895. The van der Waals surface area contributed by atoms with Crippen molar-refractivity contribution in [2.24, 2.45) is 11.7 Å². The Labute approximate surface area is 110 Å². The molecule has 0 heterocycles. The highest BCUT2D eigenvalue weighted by molar-refractivity contribution is 6.30. The fourth-order valence-corrected chi connectivity index (χ4v) is 2.35. The van der Waals surface area contributed by atoms with Crippen molar-refractivity contribution in [2.45, 2.75) is 32.4 Å². The van der Waals surface area contributed by atoms with Crippen LogP contribution in [-0.2, 0) is 5.54 Å². The summed E-state index contributed by atoms with van der Waals surface area (Å²) in [7, 11) is 4.12. The molecule has 0 spiro atoms. The topological polar surface area (TPSA) is 29.3 Å². The monoisotopic (exact) mass is 254 g/mol. The minimum Gasteiger partial charge on any atom is -0.320 e. The molecule has 17 heavy (non-hydrogen) atoms. The van der Waals surface area contributed by atoms with Crippen LogP contribution in [0, 0.1) is 5.92 Å². The lowest BCUT2D eigenvalue weighted by molar-refractivity contribution is 0.146. The van der Waals surface area contributed by atoms with Gasteiger partial charge in [-0.1, -0.05) is 37.6 Å². The number of halogens is 1. The van der Waals surface area contributed by atoms with Crippen molar-refractivity contribution >= 4 is 11.6 Å². The van der Waals surface area contributed by atoms with Crippen LogP contribution in [0.25, 0.3) is 0 Å². The van der Waals surface area contributed by atoms with Crippen LogP contribution >= 0.6 is 11.6 Å². The van der Waals surface area contributed by atoms with Crippen LogP contribution in [0.3, 0.4) is 0 Å². The minimum atomic E-state index is -0.367. The highest BCUT2D eigenvalue weighted by Crippen LogP contribution is 2.33. The Kier molecular flexibility index (Phi) is 4.59. The molecule has 0 bridgehead atoms. The number of hydrogen-bond acceptors (Lipinski definition) is 2. The summed E-state index contributed by atoms with van der Waals surface area (Å²) in [4.78, 5) is 2.16. The second kappa shape index (κ2) is 5.38. The van der Waals surface area contributed by atoms with Crippen LogP contribution < -0.4 is 5.73 Å². The van der Waals surface area contributed by atoms with Gasteiger partial charge in [0.05, 0.1) is 5.54 Å². The van der Waals surface area contributed by atoms with Crippen LogP contribution in [0.1, 0.15) is 26.3 Å². The Morgan fingerprint density at radius 3 is 1.94 bits per heavy atom. The standard InChI is InChI=1S/C14H23ClN2/c1-10(2)14(16,11(3)17(4)5)12-6-8-13(15)9-7-12/h6-11H,16H2,1-5H3. The molecular formula is C14H23ClN2. The van der Waals surface area contributed by atoms with Gasteiger partial charge in [-0.2, -0.15) is 0 Å². The van der Waals surface area contributed by atoms with E-state index in [0.29, 0.717) is 5.92 Å². The molecule has 1 aromatic carbocycles. The van der Waals surface area contributed by atoms with Crippen LogP contribution in [0.5, 0.6) is 0 Å². The molecule has 0 aliphatic heterocycles. The lowest BCUT2D eigenvalue weighted by atomic mass is 9.75. The van der Waals surface area contributed by atoms with Gasteiger partial charge in [-0.25, -0.2) is 0 Å². The summed E-state index contributed by atoms with van der Waals surface area (Å²) in [5.74, 6) is 0.348. The molecule has 0 saturated carbocycles. The van der Waals surface area contributed by atoms with Gasteiger partial charge in [-0.15, -0.1) is 0 Å². The summed E-state index contributed by atoms with van der Waals surface area (Å²) < 4.78 is 0. The lowest BCUT2D eigenvalue weighted by Crippen LogP contribution is -2.56. The van der Waals surface area contributed by atoms with Gasteiger partial charge in [0.1, 0.15) is 0 Å². The number of nitrogens with zero attached hydrogens (tertiary/aromatic N) is 1. The molecule has 0 aromatic heterocycles. The molecule has 2 atom stereocenters. The van der Waals surface area contributed by atoms with Crippen LogP contribution in [0.15, 0.2) is 24.3 Å². The normalized spacial score (nSPS) is 17.2. The van der Waals surface area contributed by atoms with Crippen LogP contribution in [-0.4, -0.2) is 25.0 Å². The fraction of sp³-hybridized carbons (Fsp3) is 0.571. The van der Waals surface area contributed by atoms with Gasteiger partial charge in [-0.05, 0) is 44.6 Å². The maximum absolute atomic E-state index is 6.67. The van der Waals surface area contributed by atoms with E-state index in [1.54, 1.807) is 0 Å². The predicted molar refractivity (Wildman–Crippen MR) is 75.3 cm³/mol. The molecule has 0 amide bonds. The van der Waals surface area contributed by atoms with Gasteiger partial charge in [-0.3, -0.25) is 0 Å². The van der Waals surface area contributed by atoms with Crippen molar-refractivity contribution in [1.82, 2.24) is 4.90 Å². The zero-order valence-electron chi connectivity index (χ0n) is 11.4. The minimum absolute atomic E-state index is 0.253. The largest absolute Gasteiger partial charge is 0.320 e. The fourth-order valence-electron chi connectivity index (χ4n) is 2.22. The molecule has 1 rings (SSSR count). The van der Waals surface area contributed by atoms with Crippen molar-refractivity contribution in [1.29, 1.82) is 0 Å². The Bertz CT molecular complexity index is 359. The van der Waals surface area contributed by atoms with Gasteiger partial charge in [0.25, 0.3) is 0 Å². The first-order valence-corrected chi connectivity index (χ1v) is 6.39. The Morgan fingerprint density at radius 2 is 1.59 bits per heavy atom. The molecule has 1 aromatic rings. The summed E-state index contributed by atoms with van der Waals surface area (Å²) in [5, 5.41) is 0.748. The van der Waals surface area contributed by atoms with Crippen molar-refractivity contribution < 1.29 is 0 Å². The van der Waals surface area contributed by atoms with Crippen molar-refractivity contribution in [2.75, 3.05) is 14.1 Å². The third kappa shape index (κ3) is 2.82. The van der Waals surface area contributed by atoms with E-state index < -0.39 is 0 Å². The van der Waals surface area contributed by atoms with E-state index >= 15 is 0 Å². The first-order chi connectivity index (χ1) is 7.80. The van der Waals surface area contributed by atoms with Gasteiger partial charge in [0.2, 0.25) is 0 Å². The van der Waals surface area contributed by atoms with Crippen molar-refractivity contribution in [3.8, 4) is 0 Å². The molecule has 3 heteroatoms. The lowest BCUT2D eigenvalue weighted by Gasteiger charge is -2.43. The number of benzene rings is 1. The Morgan fingerprint density at radius 1 is 1.12 bits per heavy atom. The number of rotatable bonds is 4. The molecule has 0 aliphatic rings. The average Bonchev–Trinajstić information content (AvgIpc) is 2.27. The van der Waals surface area contributed by atoms with E-state index in [-0.39, 0.29) is 11.6 Å². The molecule has 0 radical (unpaired) electrons. The zero-order chi connectivity index (χ0) is 13.2. The summed E-state index contributed by atoms with van der Waals surface area (Å²) in [6, 6.07) is 8.13. The van der Waals surface area contributed by atoms with Crippen LogP contribution in [0.4, 0.5) is 0 Å². The molecular weight excluding hydrogens is 232 g/mol. The highest BCUT2D eigenvalue weighted by Gasteiger charge is 2.38. The van der Waals surface area contributed by atoms with Crippen molar-refractivity contribution in [3.63, 3.8) is 0 Å². The number of hydrogen-bond donors (Lipinski definition) is 1. The van der Waals surface area contributed by atoms with Gasteiger partial charge >= 0.3 is 0 Å². The van der Waals surface area contributed by atoms with Gasteiger partial charge in [0, 0.05) is 11.1 Å². The predicted octanol–water partition coefficient (Wildman–Crippen LogP) is 3.10. The SMILES string of the molecule is CC(C)C(N)(c1ccc(Cl)cc1)C(C)N(C)C. The van der Waals surface area contributed by atoms with E-state index in [4.69, 9.17) is 17.3 Å². The molecule has 2 N–H and O–H groups in total. The maximum Gasteiger partial charge on any atom is 0.0587 e. The van der Waals surface area contributed by atoms with E-state index in [1.807, 2.05) is 24.3 Å². The molecule has 2 nitrogen and oxygen atoms in total. The molecule has 0 fully saturated rings. The first kappa shape index (κ1) is 14.5. The van der Waals surface area contributed by atoms with E-state index in [2.05, 4.69) is 39.8 Å². The molecule has 96 valence electrons. The molecule has 0 saturated heterocycles. The third-order valence-corrected chi connectivity index (χ3v) is 4.02. The van der Waals surface area contributed by atoms with Gasteiger partial charge in [0.15, 0.2) is 0 Å². The summed E-state index contributed by atoms with van der Waals surface area (Å²) in [6.45, 7) is 6.48. The van der Waals surface area contributed by atoms with Gasteiger partial charge < -0.3 is 10.6 Å². The summed E-state index contributed by atoms with van der Waals surface area (Å²) in [6.07, 6.45) is 0. The molecule has 0 aliphatic carbocycles. The van der Waals surface area contributed by atoms with E-state index in [0.717, 1.165) is 10.6 Å². The first-order valence-electron chi connectivity index (χ1n) is 6.01. The second-order valence-corrected chi connectivity index (χ2v) is 5.67. The summed E-state index contributed by atoms with van der Waals surface area (Å²) in [5.41, 5.74) is 7.44. The number of nitrogens with two attached hydrogens (primary N) is 1. The second-order valence-electron chi connectivity index (χ2n) is 5.23. The average molecular weight is 255 g/mol. The maximum atomic E-state index is 6.67. The molecule has 2 unspecified atom stereocenters. The van der Waals surface area contributed by atoms with E-state index in [9.17, 15) is 0 Å². The van der Waals surface area contributed by atoms with E-state index in [1.165, 1.54) is 0 Å². The Hall–Kier alpha value is -0.570.